The normalized spacial score (nSPS) is 10.8. The smallest absolute Gasteiger partial charge is 0.201 e. The molecule has 1 aromatic carbocycles. The minimum Gasteiger partial charge on any atom is -0.385 e. The predicted molar refractivity (Wildman–Crippen MR) is 80.0 cm³/mol. The van der Waals surface area contributed by atoms with E-state index in [2.05, 4.69) is 15.8 Å². The first kappa shape index (κ1) is 16.4. The highest BCUT2D eigenvalue weighted by molar-refractivity contribution is 6.45. The van der Waals surface area contributed by atoms with Crippen LogP contribution in [-0.2, 0) is 4.74 Å². The van der Waals surface area contributed by atoms with E-state index in [-0.39, 0.29) is 11.4 Å². The Morgan fingerprint density at radius 1 is 1.57 bits per heavy atom. The molecule has 5 N–H and O–H groups in total. The minimum atomic E-state index is -0.462. The van der Waals surface area contributed by atoms with Crippen molar-refractivity contribution < 1.29 is 9.13 Å². The monoisotopic (exact) mass is 292 g/mol. The number of nitrogens with one attached hydrogen (secondary N) is 3. The number of nitrogens with two attached hydrogens (primary N) is 1. The molecule has 0 spiro atoms. The molecule has 0 bridgehead atoms. The zero-order chi connectivity index (χ0) is 15.7. The molecule has 8 heteroatoms. The van der Waals surface area contributed by atoms with Gasteiger partial charge in [0.2, 0.25) is 5.71 Å². The summed E-state index contributed by atoms with van der Waals surface area (Å²) in [6, 6.07) is 6.09. The number of benzene rings is 1. The van der Waals surface area contributed by atoms with E-state index in [0.29, 0.717) is 25.3 Å². The molecule has 1 rings (SSSR count). The molecule has 0 radical (unpaired) electrons. The highest BCUT2D eigenvalue weighted by Crippen LogP contribution is 2.25. The molecule has 0 aliphatic rings. The molecule has 0 amide bonds. The van der Waals surface area contributed by atoms with Crippen molar-refractivity contribution in [2.24, 2.45) is 10.8 Å². The molecule has 7 nitrogen and oxygen atoms in total. The van der Waals surface area contributed by atoms with E-state index in [4.69, 9.17) is 21.1 Å². The van der Waals surface area contributed by atoms with Crippen LogP contribution >= 0.6 is 0 Å². The number of hydrogen-bond donors (Lipinski definition) is 4. The van der Waals surface area contributed by atoms with Crippen molar-refractivity contribution >= 4 is 22.9 Å². The van der Waals surface area contributed by atoms with Gasteiger partial charge in [0, 0.05) is 20.3 Å². The zero-order valence-electron chi connectivity index (χ0n) is 11.6. The molecule has 21 heavy (non-hydrogen) atoms. The van der Waals surface area contributed by atoms with Gasteiger partial charge in [0.1, 0.15) is 11.9 Å². The first-order chi connectivity index (χ1) is 10.1. The molecule has 112 valence electrons. The molecule has 0 heterocycles. The van der Waals surface area contributed by atoms with Gasteiger partial charge in [-0.2, -0.15) is 10.4 Å². The number of hydrazone groups is 1. The van der Waals surface area contributed by atoms with E-state index in [1.54, 1.807) is 19.2 Å². The van der Waals surface area contributed by atoms with E-state index < -0.39 is 11.7 Å². The summed E-state index contributed by atoms with van der Waals surface area (Å²) in [5, 5.41) is 22.5. The third-order valence-corrected chi connectivity index (χ3v) is 2.49. The molecule has 0 aliphatic carbocycles. The topological polar surface area (TPSA) is 119 Å². The van der Waals surface area contributed by atoms with E-state index in [9.17, 15) is 4.39 Å². The Morgan fingerprint density at radius 3 is 2.95 bits per heavy atom. The summed E-state index contributed by atoms with van der Waals surface area (Å²) >= 11 is 0. The predicted octanol–water partition coefficient (Wildman–Crippen LogP) is 1.50. The molecule has 0 saturated heterocycles. The number of halogens is 1. The number of hydrogen-bond acceptors (Lipinski definition) is 6. The van der Waals surface area contributed by atoms with Crippen LogP contribution < -0.4 is 16.5 Å². The van der Waals surface area contributed by atoms with Gasteiger partial charge in [0.05, 0.1) is 11.4 Å². The van der Waals surface area contributed by atoms with E-state index in [1.807, 2.05) is 0 Å². The van der Waals surface area contributed by atoms with Crippen molar-refractivity contribution in [3.63, 3.8) is 0 Å². The van der Waals surface area contributed by atoms with Crippen LogP contribution in [-0.4, -0.2) is 31.8 Å². The highest BCUT2D eigenvalue weighted by Gasteiger charge is 2.08. The first-order valence-corrected chi connectivity index (χ1v) is 6.19. The Kier molecular flexibility index (Phi) is 6.63. The Bertz CT molecular complexity index is 566. The molecular weight excluding hydrogens is 275 g/mol. The molecule has 1 aromatic rings. The Morgan fingerprint density at radius 2 is 2.33 bits per heavy atom. The number of ether oxygens (including phenoxy) is 1. The maximum atomic E-state index is 13.8. The summed E-state index contributed by atoms with van der Waals surface area (Å²) in [6.45, 7) is 1.08. The third-order valence-electron chi connectivity index (χ3n) is 2.49. The number of para-hydroxylation sites is 1. The number of methoxy groups -OCH3 is 1. The Balaban J connectivity index is 2.85. The van der Waals surface area contributed by atoms with Gasteiger partial charge in [0.15, 0.2) is 5.84 Å². The second-order valence-electron chi connectivity index (χ2n) is 4.03. The quantitative estimate of drug-likeness (QED) is 0.250. The molecule has 0 unspecified atom stereocenters. The summed E-state index contributed by atoms with van der Waals surface area (Å²) in [5.74, 6) is -0.912. The number of rotatable bonds is 8. The van der Waals surface area contributed by atoms with Gasteiger partial charge in [0.25, 0.3) is 0 Å². The van der Waals surface area contributed by atoms with Gasteiger partial charge in [-0.15, -0.1) is 0 Å². The SMILES string of the molecule is COCCCNc1c(F)cccc1N/N=C(\C#N)C(=N)N. The molecule has 0 fully saturated rings. The van der Waals surface area contributed by atoms with Crippen molar-refractivity contribution in [1.29, 1.82) is 10.7 Å². The van der Waals surface area contributed by atoms with Gasteiger partial charge >= 0.3 is 0 Å². The summed E-state index contributed by atoms with van der Waals surface area (Å²) in [7, 11) is 1.59. The van der Waals surface area contributed by atoms with Crippen LogP contribution in [0.5, 0.6) is 0 Å². The van der Waals surface area contributed by atoms with Crippen LogP contribution in [0, 0.1) is 22.6 Å². The summed E-state index contributed by atoms with van der Waals surface area (Å²) < 4.78 is 18.7. The average molecular weight is 292 g/mol. The van der Waals surface area contributed by atoms with Gasteiger partial charge in [-0.1, -0.05) is 6.07 Å². The summed E-state index contributed by atoms with van der Waals surface area (Å²) in [6.07, 6.45) is 0.713. The van der Waals surface area contributed by atoms with E-state index in [1.165, 1.54) is 12.1 Å². The summed E-state index contributed by atoms with van der Waals surface area (Å²) in [4.78, 5) is 0. The average Bonchev–Trinajstić information content (AvgIpc) is 2.46. The van der Waals surface area contributed by atoms with Crippen molar-refractivity contribution in [1.82, 2.24) is 0 Å². The number of amidine groups is 1. The fourth-order valence-electron chi connectivity index (χ4n) is 1.49. The van der Waals surface area contributed by atoms with E-state index >= 15 is 0 Å². The molecule has 0 saturated carbocycles. The second kappa shape index (κ2) is 8.50. The zero-order valence-corrected chi connectivity index (χ0v) is 11.6. The van der Waals surface area contributed by atoms with Crippen molar-refractivity contribution in [2.75, 3.05) is 31.0 Å². The maximum Gasteiger partial charge on any atom is 0.201 e. The third kappa shape index (κ3) is 5.08. The number of nitrogens with zero attached hydrogens (tertiary/aromatic N) is 2. The Labute approximate surface area is 122 Å². The van der Waals surface area contributed by atoms with Crippen LogP contribution in [0.15, 0.2) is 23.3 Å². The lowest BCUT2D eigenvalue weighted by Crippen LogP contribution is -2.22. The van der Waals surface area contributed by atoms with Gasteiger partial charge in [-0.05, 0) is 18.6 Å². The second-order valence-corrected chi connectivity index (χ2v) is 4.03. The fraction of sp³-hybridized carbons (Fsp3) is 0.308. The minimum absolute atomic E-state index is 0.234. The molecule has 0 atom stereocenters. The first-order valence-electron chi connectivity index (χ1n) is 6.19. The van der Waals surface area contributed by atoms with Crippen molar-refractivity contribution in [3.8, 4) is 6.07 Å². The standard InChI is InChI=1S/C13H17FN6O/c1-21-7-3-6-18-12-9(14)4-2-5-10(12)19-20-11(8-15)13(16)17/h2,4-5,18-19H,3,6-7H2,1H3,(H3,16,17)/b20-11+. The largest absolute Gasteiger partial charge is 0.385 e. The number of anilines is 2. The van der Waals surface area contributed by atoms with Crippen LogP contribution in [0.1, 0.15) is 6.42 Å². The summed E-state index contributed by atoms with van der Waals surface area (Å²) in [5.41, 5.74) is 8.03. The molecule has 0 aliphatic heterocycles. The van der Waals surface area contributed by atoms with Gasteiger partial charge in [-0.3, -0.25) is 10.8 Å². The van der Waals surface area contributed by atoms with Crippen molar-refractivity contribution in [3.05, 3.63) is 24.0 Å². The maximum absolute atomic E-state index is 13.8. The fourth-order valence-corrected chi connectivity index (χ4v) is 1.49. The lowest BCUT2D eigenvalue weighted by atomic mass is 10.2. The number of nitriles is 1. The van der Waals surface area contributed by atoms with Gasteiger partial charge in [-0.25, -0.2) is 4.39 Å². The van der Waals surface area contributed by atoms with Crippen LogP contribution in [0.4, 0.5) is 15.8 Å². The lowest BCUT2D eigenvalue weighted by molar-refractivity contribution is 0.198. The molecular formula is C13H17FN6O. The van der Waals surface area contributed by atoms with Crippen LogP contribution in [0.25, 0.3) is 0 Å². The Hall–Kier alpha value is -2.66. The van der Waals surface area contributed by atoms with E-state index in [0.717, 1.165) is 0 Å². The van der Waals surface area contributed by atoms with Crippen molar-refractivity contribution in [2.45, 2.75) is 6.42 Å². The van der Waals surface area contributed by atoms with Gasteiger partial charge < -0.3 is 15.8 Å². The molecule has 0 aromatic heterocycles. The van der Waals surface area contributed by atoms with Crippen LogP contribution in [0.3, 0.4) is 0 Å². The van der Waals surface area contributed by atoms with Crippen LogP contribution in [0.2, 0.25) is 0 Å². The highest BCUT2D eigenvalue weighted by atomic mass is 19.1. The lowest BCUT2D eigenvalue weighted by Gasteiger charge is -2.12.